The van der Waals surface area contributed by atoms with Crippen LogP contribution in [-0.2, 0) is 19.6 Å². The van der Waals surface area contributed by atoms with Crippen molar-refractivity contribution < 1.29 is 27.5 Å². The molecule has 1 saturated heterocycles. The van der Waals surface area contributed by atoms with Gasteiger partial charge >= 0.3 is 0 Å². The van der Waals surface area contributed by atoms with Gasteiger partial charge in [-0.15, -0.1) is 0 Å². The number of hydrogen-bond donors (Lipinski definition) is 2. The van der Waals surface area contributed by atoms with Crippen molar-refractivity contribution in [3.63, 3.8) is 0 Å². The van der Waals surface area contributed by atoms with E-state index in [1.807, 2.05) is 0 Å². The van der Waals surface area contributed by atoms with Gasteiger partial charge in [0.15, 0.2) is 6.61 Å². The lowest BCUT2D eigenvalue weighted by Crippen LogP contribution is -2.43. The average Bonchev–Trinajstić information content (AvgIpc) is 3.24. The smallest absolute Gasteiger partial charge is 0.262 e. The van der Waals surface area contributed by atoms with Crippen molar-refractivity contribution >= 4 is 44.8 Å². The van der Waals surface area contributed by atoms with Crippen LogP contribution in [0.15, 0.2) is 41.3 Å². The second-order valence-electron chi connectivity index (χ2n) is 7.08. The molecule has 2 N–H and O–H groups in total. The molecule has 164 valence electrons. The molecule has 1 fully saturated rings. The number of para-hydroxylation sites is 2. The molecular weight excluding hydrogens is 446 g/mol. The van der Waals surface area contributed by atoms with E-state index in [1.54, 1.807) is 24.3 Å². The zero-order chi connectivity index (χ0) is 22.2. The van der Waals surface area contributed by atoms with Gasteiger partial charge in [0.25, 0.3) is 5.91 Å². The van der Waals surface area contributed by atoms with E-state index in [-0.39, 0.29) is 34.7 Å². The molecule has 1 atom stereocenters. The molecule has 0 aromatic heterocycles. The van der Waals surface area contributed by atoms with Crippen LogP contribution in [0.1, 0.15) is 12.8 Å². The normalized spacial score (nSPS) is 18.6. The fourth-order valence-corrected chi connectivity index (χ4v) is 5.83. The molecular formula is C20H20ClN3O6S. The predicted molar refractivity (Wildman–Crippen MR) is 114 cm³/mol. The number of ether oxygens (including phenoxy) is 2. The summed E-state index contributed by atoms with van der Waals surface area (Å²) in [6, 6.07) is 8.60. The van der Waals surface area contributed by atoms with Gasteiger partial charge in [-0.1, -0.05) is 23.7 Å². The lowest BCUT2D eigenvalue weighted by atomic mass is 10.2. The maximum Gasteiger partial charge on any atom is 0.262 e. The summed E-state index contributed by atoms with van der Waals surface area (Å²) >= 11 is 6.24. The number of benzene rings is 2. The monoisotopic (exact) mass is 465 g/mol. The standard InChI is InChI=1S/C20H20ClN3O6S/c1-29-16-7-3-2-5-13(16)23-20(26)15-6-4-8-24(15)31(27,28)18-10-17-14(9-12(18)21)22-19(25)11-30-17/h2-3,5,7,9-10,15H,4,6,8,11H2,1H3,(H,22,25)(H,23,26)/t15-/m1/s1. The molecule has 0 spiro atoms. The lowest BCUT2D eigenvalue weighted by molar-refractivity contribution is -0.119. The van der Waals surface area contributed by atoms with E-state index in [0.29, 0.717) is 30.0 Å². The number of nitrogens with one attached hydrogen (secondary N) is 2. The van der Waals surface area contributed by atoms with E-state index in [4.69, 9.17) is 21.1 Å². The van der Waals surface area contributed by atoms with Crippen LogP contribution < -0.4 is 20.1 Å². The van der Waals surface area contributed by atoms with Gasteiger partial charge in [-0.25, -0.2) is 8.42 Å². The van der Waals surface area contributed by atoms with E-state index in [0.717, 1.165) is 4.31 Å². The second kappa shape index (κ2) is 8.37. The van der Waals surface area contributed by atoms with Crippen LogP contribution in [0, 0.1) is 0 Å². The van der Waals surface area contributed by atoms with Crippen LogP contribution >= 0.6 is 11.6 Å². The Kier molecular flexibility index (Phi) is 5.78. The fraction of sp³-hybridized carbons (Fsp3) is 0.300. The first-order chi connectivity index (χ1) is 14.8. The number of nitrogens with zero attached hydrogens (tertiary/aromatic N) is 1. The quantitative estimate of drug-likeness (QED) is 0.701. The molecule has 0 saturated carbocycles. The van der Waals surface area contributed by atoms with Crippen LogP contribution in [0.2, 0.25) is 5.02 Å². The zero-order valence-corrected chi connectivity index (χ0v) is 18.1. The molecule has 11 heteroatoms. The van der Waals surface area contributed by atoms with Crippen molar-refractivity contribution in [1.29, 1.82) is 0 Å². The third-order valence-corrected chi connectivity index (χ3v) is 7.50. The van der Waals surface area contributed by atoms with Gasteiger partial charge in [-0.2, -0.15) is 4.31 Å². The lowest BCUT2D eigenvalue weighted by Gasteiger charge is -2.25. The first kappa shape index (κ1) is 21.4. The van der Waals surface area contributed by atoms with Crippen molar-refractivity contribution in [3.8, 4) is 11.5 Å². The van der Waals surface area contributed by atoms with Crippen molar-refractivity contribution in [3.05, 3.63) is 41.4 Å². The Morgan fingerprint density at radius 1 is 1.32 bits per heavy atom. The molecule has 2 aromatic carbocycles. The molecule has 2 aromatic rings. The predicted octanol–water partition coefficient (Wildman–Crippen LogP) is 2.47. The maximum absolute atomic E-state index is 13.4. The minimum Gasteiger partial charge on any atom is -0.495 e. The third kappa shape index (κ3) is 4.06. The highest BCUT2D eigenvalue weighted by Gasteiger charge is 2.41. The number of hydrogen-bond acceptors (Lipinski definition) is 6. The zero-order valence-electron chi connectivity index (χ0n) is 16.6. The summed E-state index contributed by atoms with van der Waals surface area (Å²) in [6.45, 7) is -0.0425. The van der Waals surface area contributed by atoms with Gasteiger partial charge in [0.2, 0.25) is 15.9 Å². The number of carbonyl (C=O) groups excluding carboxylic acids is 2. The van der Waals surface area contributed by atoms with Crippen LogP contribution in [0.5, 0.6) is 11.5 Å². The Hall–Kier alpha value is -2.82. The third-order valence-electron chi connectivity index (χ3n) is 5.12. The number of carbonyl (C=O) groups is 2. The van der Waals surface area contributed by atoms with Crippen molar-refractivity contribution in [2.24, 2.45) is 0 Å². The Bertz CT molecular complexity index is 1150. The number of halogens is 1. The molecule has 0 aliphatic carbocycles. The Morgan fingerprint density at radius 3 is 2.87 bits per heavy atom. The Morgan fingerprint density at radius 2 is 2.10 bits per heavy atom. The molecule has 31 heavy (non-hydrogen) atoms. The van der Waals surface area contributed by atoms with Crippen LogP contribution in [0.4, 0.5) is 11.4 Å². The van der Waals surface area contributed by atoms with Crippen molar-refractivity contribution in [2.45, 2.75) is 23.8 Å². The van der Waals surface area contributed by atoms with Gasteiger partial charge in [0, 0.05) is 12.6 Å². The summed E-state index contributed by atoms with van der Waals surface area (Å²) < 4.78 is 38.5. The van der Waals surface area contributed by atoms with Crippen LogP contribution in [-0.4, -0.2) is 50.8 Å². The first-order valence-corrected chi connectivity index (χ1v) is 11.3. The second-order valence-corrected chi connectivity index (χ2v) is 9.35. The molecule has 4 rings (SSSR count). The summed E-state index contributed by atoms with van der Waals surface area (Å²) in [5.74, 6) is -0.132. The molecule has 9 nitrogen and oxygen atoms in total. The highest BCUT2D eigenvalue weighted by atomic mass is 35.5. The number of sulfonamides is 1. The van der Waals surface area contributed by atoms with Gasteiger partial charge in [-0.05, 0) is 31.0 Å². The van der Waals surface area contributed by atoms with Gasteiger partial charge in [-0.3, -0.25) is 9.59 Å². The van der Waals surface area contributed by atoms with Gasteiger partial charge in [0.1, 0.15) is 22.4 Å². The summed E-state index contributed by atoms with van der Waals surface area (Å²) in [4.78, 5) is 24.3. The van der Waals surface area contributed by atoms with Gasteiger partial charge < -0.3 is 20.1 Å². The van der Waals surface area contributed by atoms with Crippen LogP contribution in [0.3, 0.4) is 0 Å². The fourth-order valence-electron chi connectivity index (χ4n) is 3.66. The molecule has 0 radical (unpaired) electrons. The highest BCUT2D eigenvalue weighted by Crippen LogP contribution is 2.38. The summed E-state index contributed by atoms with van der Waals surface area (Å²) in [5, 5.41) is 5.26. The Balaban J connectivity index is 1.62. The molecule has 0 bridgehead atoms. The molecule has 2 amide bonds. The number of fused-ring (bicyclic) bond motifs is 1. The minimum atomic E-state index is -4.10. The topological polar surface area (TPSA) is 114 Å². The first-order valence-electron chi connectivity index (χ1n) is 9.53. The van der Waals surface area contributed by atoms with Crippen LogP contribution in [0.25, 0.3) is 0 Å². The van der Waals surface area contributed by atoms with E-state index >= 15 is 0 Å². The maximum atomic E-state index is 13.4. The summed E-state index contributed by atoms with van der Waals surface area (Å²) in [5.41, 5.74) is 0.752. The number of amides is 2. The van der Waals surface area contributed by atoms with Gasteiger partial charge in [0.05, 0.1) is 23.5 Å². The molecule has 0 unspecified atom stereocenters. The molecule has 2 heterocycles. The largest absolute Gasteiger partial charge is 0.495 e. The van der Waals surface area contributed by atoms with E-state index in [9.17, 15) is 18.0 Å². The van der Waals surface area contributed by atoms with Crippen molar-refractivity contribution in [2.75, 3.05) is 30.9 Å². The summed E-state index contributed by atoms with van der Waals surface area (Å²) in [7, 11) is -2.62. The minimum absolute atomic E-state index is 0.0691. The molecule has 2 aliphatic rings. The average molecular weight is 466 g/mol. The number of anilines is 2. The van der Waals surface area contributed by atoms with Crippen molar-refractivity contribution in [1.82, 2.24) is 4.31 Å². The van der Waals surface area contributed by atoms with E-state index < -0.39 is 22.0 Å². The number of rotatable bonds is 5. The summed E-state index contributed by atoms with van der Waals surface area (Å²) in [6.07, 6.45) is 0.897. The molecule has 2 aliphatic heterocycles. The SMILES string of the molecule is COc1ccccc1NC(=O)[C@H]1CCCN1S(=O)(=O)c1cc2c(cc1Cl)NC(=O)CO2. The Labute approximate surface area is 184 Å². The number of methoxy groups -OCH3 is 1. The van der Waals surface area contributed by atoms with E-state index in [1.165, 1.54) is 19.2 Å². The highest BCUT2D eigenvalue weighted by molar-refractivity contribution is 7.89. The van der Waals surface area contributed by atoms with E-state index in [2.05, 4.69) is 10.6 Å².